The molecule has 5 heteroatoms. The fourth-order valence-corrected chi connectivity index (χ4v) is 2.66. The van der Waals surface area contributed by atoms with Gasteiger partial charge in [0.05, 0.1) is 17.3 Å². The lowest BCUT2D eigenvalue weighted by atomic mass is 9.87. The van der Waals surface area contributed by atoms with Crippen molar-refractivity contribution in [1.82, 2.24) is 0 Å². The first kappa shape index (κ1) is 18.3. The number of carbonyl (C=O) groups excluding carboxylic acids is 1. The molecule has 0 spiro atoms. The van der Waals surface area contributed by atoms with Gasteiger partial charge in [-0.15, -0.1) is 0 Å². The normalized spacial score (nSPS) is 11.0. The molecule has 0 heterocycles. The Morgan fingerprint density at radius 1 is 1.12 bits per heavy atom. The van der Waals surface area contributed by atoms with Gasteiger partial charge in [-0.25, -0.2) is 0 Å². The summed E-state index contributed by atoms with van der Waals surface area (Å²) in [6.45, 7) is 6.37. The number of amides is 1. The standard InChI is InChI=1S/C19H22BrNO3/c1-19(2,3)13-9-10-16(14(20)11-13)24-12-18(22)21-15-7-5-6-8-17(15)23-4/h5-11H,12H2,1-4H3,(H,21,22). The van der Waals surface area contributed by atoms with Gasteiger partial charge in [0, 0.05) is 0 Å². The lowest BCUT2D eigenvalue weighted by Crippen LogP contribution is -2.20. The molecule has 2 rings (SSSR count). The molecule has 1 N–H and O–H groups in total. The Balaban J connectivity index is 1.99. The molecule has 0 fully saturated rings. The topological polar surface area (TPSA) is 47.6 Å². The Bertz CT molecular complexity index is 723. The first-order valence-electron chi connectivity index (χ1n) is 7.67. The monoisotopic (exact) mass is 391 g/mol. The molecule has 0 aliphatic heterocycles. The number of carbonyl (C=O) groups is 1. The number of methoxy groups -OCH3 is 1. The van der Waals surface area contributed by atoms with E-state index in [0.717, 1.165) is 4.47 Å². The molecule has 0 aliphatic rings. The third kappa shape index (κ3) is 4.74. The first-order chi connectivity index (χ1) is 11.3. The minimum Gasteiger partial charge on any atom is -0.495 e. The smallest absolute Gasteiger partial charge is 0.262 e. The van der Waals surface area contributed by atoms with E-state index in [0.29, 0.717) is 17.2 Å². The van der Waals surface area contributed by atoms with Crippen LogP contribution in [0, 0.1) is 0 Å². The third-order valence-corrected chi connectivity index (χ3v) is 4.16. The Morgan fingerprint density at radius 3 is 2.46 bits per heavy atom. The van der Waals surface area contributed by atoms with Gasteiger partial charge in [-0.3, -0.25) is 4.79 Å². The summed E-state index contributed by atoms with van der Waals surface area (Å²) in [5.74, 6) is 1.01. The van der Waals surface area contributed by atoms with E-state index in [1.54, 1.807) is 19.2 Å². The molecule has 128 valence electrons. The van der Waals surface area contributed by atoms with Crippen molar-refractivity contribution < 1.29 is 14.3 Å². The summed E-state index contributed by atoms with van der Waals surface area (Å²) in [6.07, 6.45) is 0. The van der Waals surface area contributed by atoms with Crippen LogP contribution in [0.2, 0.25) is 0 Å². The van der Waals surface area contributed by atoms with E-state index in [9.17, 15) is 4.79 Å². The van der Waals surface area contributed by atoms with Gasteiger partial charge in [-0.1, -0.05) is 39.0 Å². The lowest BCUT2D eigenvalue weighted by Gasteiger charge is -2.20. The van der Waals surface area contributed by atoms with Crippen molar-refractivity contribution in [2.75, 3.05) is 19.0 Å². The maximum absolute atomic E-state index is 12.1. The number of anilines is 1. The van der Waals surface area contributed by atoms with Gasteiger partial charge >= 0.3 is 0 Å². The number of para-hydroxylation sites is 2. The zero-order chi connectivity index (χ0) is 17.7. The van der Waals surface area contributed by atoms with E-state index < -0.39 is 0 Å². The van der Waals surface area contributed by atoms with Gasteiger partial charge < -0.3 is 14.8 Å². The third-order valence-electron chi connectivity index (χ3n) is 3.54. The molecule has 0 saturated carbocycles. The lowest BCUT2D eigenvalue weighted by molar-refractivity contribution is -0.118. The molecule has 0 saturated heterocycles. The van der Waals surface area contributed by atoms with Crippen LogP contribution in [-0.4, -0.2) is 19.6 Å². The molecule has 0 bridgehead atoms. The van der Waals surface area contributed by atoms with Gasteiger partial charge in [0.25, 0.3) is 5.91 Å². The highest BCUT2D eigenvalue weighted by atomic mass is 79.9. The van der Waals surface area contributed by atoms with Crippen LogP contribution < -0.4 is 14.8 Å². The van der Waals surface area contributed by atoms with Crippen LogP contribution >= 0.6 is 15.9 Å². The predicted molar refractivity (Wildman–Crippen MR) is 100.0 cm³/mol. The van der Waals surface area contributed by atoms with Crippen molar-refractivity contribution >= 4 is 27.5 Å². The van der Waals surface area contributed by atoms with Crippen molar-refractivity contribution in [3.63, 3.8) is 0 Å². The first-order valence-corrected chi connectivity index (χ1v) is 8.46. The average molecular weight is 392 g/mol. The van der Waals surface area contributed by atoms with Gasteiger partial charge in [-0.05, 0) is 51.2 Å². The summed E-state index contributed by atoms with van der Waals surface area (Å²) in [4.78, 5) is 12.1. The minimum absolute atomic E-state index is 0.0578. The maximum Gasteiger partial charge on any atom is 0.262 e. The highest BCUT2D eigenvalue weighted by molar-refractivity contribution is 9.10. The molecule has 0 unspecified atom stereocenters. The van der Waals surface area contributed by atoms with E-state index in [1.807, 2.05) is 30.3 Å². The Hall–Kier alpha value is -2.01. The molecule has 1 amide bonds. The van der Waals surface area contributed by atoms with E-state index in [-0.39, 0.29) is 17.9 Å². The quantitative estimate of drug-likeness (QED) is 0.797. The van der Waals surface area contributed by atoms with Gasteiger partial charge in [0.15, 0.2) is 6.61 Å². The largest absolute Gasteiger partial charge is 0.495 e. The summed E-state index contributed by atoms with van der Waals surface area (Å²) in [6, 6.07) is 13.2. The zero-order valence-corrected chi connectivity index (χ0v) is 15.9. The number of benzene rings is 2. The van der Waals surface area contributed by atoms with Crippen molar-refractivity contribution in [1.29, 1.82) is 0 Å². The molecule has 0 aliphatic carbocycles. The molecular formula is C19H22BrNO3. The van der Waals surface area contributed by atoms with E-state index in [2.05, 4.69) is 42.0 Å². The van der Waals surface area contributed by atoms with Crippen LogP contribution in [-0.2, 0) is 10.2 Å². The minimum atomic E-state index is -0.244. The number of halogens is 1. The van der Waals surface area contributed by atoms with E-state index in [1.165, 1.54) is 5.56 Å². The van der Waals surface area contributed by atoms with Crippen LogP contribution in [0.1, 0.15) is 26.3 Å². The maximum atomic E-state index is 12.1. The fourth-order valence-electron chi connectivity index (χ4n) is 2.16. The second kappa shape index (κ2) is 7.71. The molecule has 4 nitrogen and oxygen atoms in total. The van der Waals surface area contributed by atoms with Crippen LogP contribution in [0.5, 0.6) is 11.5 Å². The van der Waals surface area contributed by atoms with Gasteiger partial charge in [-0.2, -0.15) is 0 Å². The van der Waals surface area contributed by atoms with Crippen molar-refractivity contribution in [3.8, 4) is 11.5 Å². The highest BCUT2D eigenvalue weighted by Crippen LogP contribution is 2.31. The molecule has 0 atom stereocenters. The average Bonchev–Trinajstić information content (AvgIpc) is 2.53. The zero-order valence-electron chi connectivity index (χ0n) is 14.4. The SMILES string of the molecule is COc1ccccc1NC(=O)COc1ccc(C(C)(C)C)cc1Br. The predicted octanol–water partition coefficient (Wildman–Crippen LogP) is 4.77. The summed E-state index contributed by atoms with van der Waals surface area (Å²) >= 11 is 3.50. The molecule has 2 aromatic carbocycles. The molecule has 2 aromatic rings. The molecular weight excluding hydrogens is 370 g/mol. The van der Waals surface area contributed by atoms with Crippen LogP contribution in [0.4, 0.5) is 5.69 Å². The Kier molecular flexibility index (Phi) is 5.89. The van der Waals surface area contributed by atoms with E-state index >= 15 is 0 Å². The van der Waals surface area contributed by atoms with Crippen molar-refractivity contribution in [3.05, 3.63) is 52.5 Å². The summed E-state index contributed by atoms with van der Waals surface area (Å²) in [7, 11) is 1.56. The van der Waals surface area contributed by atoms with Crippen LogP contribution in [0.15, 0.2) is 46.9 Å². The summed E-state index contributed by atoms with van der Waals surface area (Å²) in [5.41, 5.74) is 1.87. The molecule has 0 radical (unpaired) electrons. The number of ether oxygens (including phenoxy) is 2. The fraction of sp³-hybridized carbons (Fsp3) is 0.316. The number of rotatable bonds is 5. The number of nitrogens with one attached hydrogen (secondary N) is 1. The number of hydrogen-bond donors (Lipinski definition) is 1. The second-order valence-corrected chi connectivity index (χ2v) is 7.29. The van der Waals surface area contributed by atoms with Gasteiger partial charge in [0.2, 0.25) is 0 Å². The Morgan fingerprint density at radius 2 is 1.83 bits per heavy atom. The van der Waals surface area contributed by atoms with Crippen molar-refractivity contribution in [2.45, 2.75) is 26.2 Å². The highest BCUT2D eigenvalue weighted by Gasteiger charge is 2.16. The van der Waals surface area contributed by atoms with E-state index in [4.69, 9.17) is 9.47 Å². The van der Waals surface area contributed by atoms with Gasteiger partial charge in [0.1, 0.15) is 11.5 Å². The summed E-state index contributed by atoms with van der Waals surface area (Å²) in [5, 5.41) is 2.78. The molecule has 24 heavy (non-hydrogen) atoms. The summed E-state index contributed by atoms with van der Waals surface area (Å²) < 4.78 is 11.7. The number of hydrogen-bond acceptors (Lipinski definition) is 3. The second-order valence-electron chi connectivity index (χ2n) is 6.43. The molecule has 0 aromatic heterocycles. The van der Waals surface area contributed by atoms with Crippen LogP contribution in [0.25, 0.3) is 0 Å². The van der Waals surface area contributed by atoms with Crippen molar-refractivity contribution in [2.24, 2.45) is 0 Å². The van der Waals surface area contributed by atoms with Crippen LogP contribution in [0.3, 0.4) is 0 Å². The Labute approximate surface area is 151 Å².